The van der Waals surface area contributed by atoms with Gasteiger partial charge in [0.15, 0.2) is 0 Å². The van der Waals surface area contributed by atoms with E-state index in [0.29, 0.717) is 12.2 Å². The number of aromatic nitrogens is 4. The van der Waals surface area contributed by atoms with E-state index in [1.807, 2.05) is 54.6 Å². The molecule has 100 valence electrons. The Hall–Kier alpha value is -2.21. The molecular formula is C14H11BrN4O. The molecule has 1 heterocycles. The first kappa shape index (κ1) is 12.8. The van der Waals surface area contributed by atoms with Crippen LogP contribution in [0.25, 0.3) is 5.69 Å². The molecule has 0 unspecified atom stereocenters. The van der Waals surface area contributed by atoms with Gasteiger partial charge in [0.1, 0.15) is 0 Å². The maximum Gasteiger partial charge on any atom is 0.368 e. The molecule has 0 spiro atoms. The van der Waals surface area contributed by atoms with Crippen molar-refractivity contribution in [1.29, 1.82) is 0 Å². The normalized spacial score (nSPS) is 10.7. The molecule has 0 bridgehead atoms. The number of hydrogen-bond donors (Lipinski definition) is 0. The van der Waals surface area contributed by atoms with E-state index in [9.17, 15) is 4.79 Å². The molecule has 0 N–H and O–H groups in total. The lowest BCUT2D eigenvalue weighted by atomic mass is 10.2. The maximum absolute atomic E-state index is 12.2. The van der Waals surface area contributed by atoms with Gasteiger partial charge in [-0.15, -0.1) is 0 Å². The van der Waals surface area contributed by atoms with Crippen LogP contribution in [-0.4, -0.2) is 19.8 Å². The molecule has 0 saturated carbocycles. The predicted octanol–water partition coefficient (Wildman–Crippen LogP) is 2.24. The third kappa shape index (κ3) is 2.55. The summed E-state index contributed by atoms with van der Waals surface area (Å²) in [5.41, 5.74) is 1.45. The molecule has 0 amide bonds. The fraction of sp³-hybridized carbons (Fsp3) is 0.0714. The van der Waals surface area contributed by atoms with E-state index in [0.717, 1.165) is 10.0 Å². The highest BCUT2D eigenvalue weighted by atomic mass is 79.9. The molecule has 20 heavy (non-hydrogen) atoms. The second-order valence-corrected chi connectivity index (χ2v) is 5.21. The molecular weight excluding hydrogens is 320 g/mol. The summed E-state index contributed by atoms with van der Waals surface area (Å²) in [5.74, 6) is 0. The average Bonchev–Trinajstić information content (AvgIpc) is 2.84. The lowest BCUT2D eigenvalue weighted by Gasteiger charge is -2.00. The summed E-state index contributed by atoms with van der Waals surface area (Å²) in [4.78, 5) is 12.2. The van der Waals surface area contributed by atoms with Crippen LogP contribution in [0.15, 0.2) is 63.9 Å². The number of halogens is 1. The third-order valence-electron chi connectivity index (χ3n) is 2.89. The molecule has 0 radical (unpaired) electrons. The first-order valence-corrected chi connectivity index (χ1v) is 6.86. The minimum atomic E-state index is -0.251. The van der Waals surface area contributed by atoms with Gasteiger partial charge in [0, 0.05) is 4.47 Å². The van der Waals surface area contributed by atoms with Gasteiger partial charge < -0.3 is 0 Å². The number of benzene rings is 2. The van der Waals surface area contributed by atoms with Gasteiger partial charge >= 0.3 is 5.69 Å². The molecule has 1 aromatic heterocycles. The SMILES string of the molecule is O=c1n(Cc2ccc(Br)cc2)nnn1-c1ccccc1. The second-order valence-electron chi connectivity index (χ2n) is 4.29. The van der Waals surface area contributed by atoms with Crippen LogP contribution in [-0.2, 0) is 6.54 Å². The van der Waals surface area contributed by atoms with Crippen molar-refractivity contribution >= 4 is 15.9 Å². The summed E-state index contributed by atoms with van der Waals surface area (Å²) >= 11 is 3.38. The van der Waals surface area contributed by atoms with Gasteiger partial charge in [0.25, 0.3) is 0 Å². The Bertz CT molecular complexity index is 762. The van der Waals surface area contributed by atoms with Gasteiger partial charge in [-0.2, -0.15) is 9.36 Å². The van der Waals surface area contributed by atoms with E-state index in [2.05, 4.69) is 26.4 Å². The van der Waals surface area contributed by atoms with Crippen molar-refractivity contribution in [3.8, 4) is 5.69 Å². The quantitative estimate of drug-likeness (QED) is 0.740. The number of nitrogens with zero attached hydrogens (tertiary/aromatic N) is 4. The van der Waals surface area contributed by atoms with Crippen LogP contribution in [0.2, 0.25) is 0 Å². The number of tetrazole rings is 1. The van der Waals surface area contributed by atoms with Gasteiger partial charge in [0.2, 0.25) is 0 Å². The third-order valence-corrected chi connectivity index (χ3v) is 3.41. The van der Waals surface area contributed by atoms with Crippen LogP contribution >= 0.6 is 15.9 Å². The van der Waals surface area contributed by atoms with Crippen molar-refractivity contribution in [3.05, 3.63) is 75.1 Å². The Morgan fingerprint density at radius 2 is 1.65 bits per heavy atom. The predicted molar refractivity (Wildman–Crippen MR) is 78.9 cm³/mol. The Morgan fingerprint density at radius 1 is 0.950 bits per heavy atom. The molecule has 0 saturated heterocycles. The fourth-order valence-electron chi connectivity index (χ4n) is 1.87. The van der Waals surface area contributed by atoms with Crippen molar-refractivity contribution < 1.29 is 0 Å². The Morgan fingerprint density at radius 3 is 2.35 bits per heavy atom. The zero-order chi connectivity index (χ0) is 13.9. The van der Waals surface area contributed by atoms with Crippen molar-refractivity contribution in [2.45, 2.75) is 6.54 Å². The summed E-state index contributed by atoms with van der Waals surface area (Å²) in [6.45, 7) is 0.402. The van der Waals surface area contributed by atoms with Crippen LogP contribution in [0.3, 0.4) is 0 Å². The largest absolute Gasteiger partial charge is 0.368 e. The highest BCUT2D eigenvalue weighted by Gasteiger charge is 2.08. The monoisotopic (exact) mass is 330 g/mol. The van der Waals surface area contributed by atoms with Crippen molar-refractivity contribution in [3.63, 3.8) is 0 Å². The summed E-state index contributed by atoms with van der Waals surface area (Å²) < 4.78 is 3.64. The van der Waals surface area contributed by atoms with E-state index in [1.165, 1.54) is 9.36 Å². The topological polar surface area (TPSA) is 52.7 Å². The van der Waals surface area contributed by atoms with Crippen LogP contribution in [0, 0.1) is 0 Å². The highest BCUT2D eigenvalue weighted by molar-refractivity contribution is 9.10. The minimum Gasteiger partial charge on any atom is -0.244 e. The van der Waals surface area contributed by atoms with Gasteiger partial charge in [0.05, 0.1) is 12.2 Å². The molecule has 0 atom stereocenters. The van der Waals surface area contributed by atoms with E-state index < -0.39 is 0 Å². The summed E-state index contributed by atoms with van der Waals surface area (Å²) in [6.07, 6.45) is 0. The van der Waals surface area contributed by atoms with E-state index in [4.69, 9.17) is 0 Å². The van der Waals surface area contributed by atoms with E-state index in [-0.39, 0.29) is 5.69 Å². The standard InChI is InChI=1S/C14H11BrN4O/c15-12-8-6-11(7-9-12)10-18-14(20)19(17-16-18)13-4-2-1-3-5-13/h1-9H,10H2. The van der Waals surface area contributed by atoms with Gasteiger partial charge in [-0.25, -0.2) is 4.79 Å². The van der Waals surface area contributed by atoms with E-state index >= 15 is 0 Å². The van der Waals surface area contributed by atoms with Crippen molar-refractivity contribution in [1.82, 2.24) is 19.8 Å². The van der Waals surface area contributed by atoms with Crippen LogP contribution in [0.5, 0.6) is 0 Å². The summed E-state index contributed by atoms with van der Waals surface area (Å²) in [5, 5.41) is 7.82. The smallest absolute Gasteiger partial charge is 0.244 e. The van der Waals surface area contributed by atoms with Gasteiger partial charge in [-0.05, 0) is 40.3 Å². The molecule has 6 heteroatoms. The molecule has 5 nitrogen and oxygen atoms in total. The molecule has 0 aliphatic carbocycles. The molecule has 0 aliphatic heterocycles. The number of rotatable bonds is 3. The van der Waals surface area contributed by atoms with E-state index in [1.54, 1.807) is 0 Å². The van der Waals surface area contributed by atoms with Gasteiger partial charge in [-0.3, -0.25) is 0 Å². The fourth-order valence-corrected chi connectivity index (χ4v) is 2.13. The number of hydrogen-bond acceptors (Lipinski definition) is 3. The summed E-state index contributed by atoms with van der Waals surface area (Å²) in [7, 11) is 0. The average molecular weight is 331 g/mol. The minimum absolute atomic E-state index is 0.251. The van der Waals surface area contributed by atoms with Crippen molar-refractivity contribution in [2.24, 2.45) is 0 Å². The Kier molecular flexibility index (Phi) is 3.47. The van der Waals surface area contributed by atoms with Crippen LogP contribution in [0.1, 0.15) is 5.56 Å². The molecule has 2 aromatic carbocycles. The van der Waals surface area contributed by atoms with Crippen LogP contribution in [0.4, 0.5) is 0 Å². The number of para-hydroxylation sites is 1. The van der Waals surface area contributed by atoms with Gasteiger partial charge in [-0.1, -0.05) is 46.3 Å². The first-order chi connectivity index (χ1) is 9.74. The first-order valence-electron chi connectivity index (χ1n) is 6.07. The second kappa shape index (κ2) is 5.42. The lowest BCUT2D eigenvalue weighted by Crippen LogP contribution is -2.24. The lowest BCUT2D eigenvalue weighted by molar-refractivity contribution is 0.632. The highest BCUT2D eigenvalue weighted by Crippen LogP contribution is 2.10. The Balaban J connectivity index is 1.91. The zero-order valence-electron chi connectivity index (χ0n) is 10.5. The Labute approximate surface area is 123 Å². The molecule has 0 fully saturated rings. The maximum atomic E-state index is 12.2. The van der Waals surface area contributed by atoms with Crippen LogP contribution < -0.4 is 5.69 Å². The molecule has 3 aromatic rings. The molecule has 3 rings (SSSR count). The molecule has 0 aliphatic rings. The summed E-state index contributed by atoms with van der Waals surface area (Å²) in [6, 6.07) is 17.0. The zero-order valence-corrected chi connectivity index (χ0v) is 12.1. The van der Waals surface area contributed by atoms with Crippen molar-refractivity contribution in [2.75, 3.05) is 0 Å².